The minimum absolute atomic E-state index is 0.0570. The number of ether oxygens (including phenoxy) is 1. The van der Waals surface area contributed by atoms with Gasteiger partial charge in [0.25, 0.3) is 5.91 Å². The lowest BCUT2D eigenvalue weighted by Gasteiger charge is -2.38. The molecule has 0 saturated carbocycles. The van der Waals surface area contributed by atoms with Crippen molar-refractivity contribution in [2.45, 2.75) is 32.4 Å². The maximum atomic E-state index is 12.9. The molecule has 1 fully saturated rings. The summed E-state index contributed by atoms with van der Waals surface area (Å²) in [4.78, 5) is 14.9. The van der Waals surface area contributed by atoms with E-state index >= 15 is 0 Å². The Morgan fingerprint density at radius 3 is 2.57 bits per heavy atom. The minimum atomic E-state index is 0.0570. The fraction of sp³-hybridized carbons (Fsp3) is 0.350. The molecule has 0 N–H and O–H groups in total. The Kier molecular flexibility index (Phi) is 4.77. The van der Waals surface area contributed by atoms with Gasteiger partial charge < -0.3 is 9.64 Å². The third-order valence-corrected chi connectivity index (χ3v) is 4.45. The number of carbonyl (C=O) groups is 1. The topological polar surface area (TPSA) is 29.5 Å². The van der Waals surface area contributed by atoms with Crippen molar-refractivity contribution < 1.29 is 9.53 Å². The van der Waals surface area contributed by atoms with Crippen molar-refractivity contribution in [1.82, 2.24) is 4.90 Å². The first-order valence-electron chi connectivity index (χ1n) is 8.17. The van der Waals surface area contributed by atoms with Gasteiger partial charge in [-0.15, -0.1) is 0 Å². The van der Waals surface area contributed by atoms with Crippen molar-refractivity contribution in [3.05, 3.63) is 71.3 Å². The van der Waals surface area contributed by atoms with Gasteiger partial charge in [0.2, 0.25) is 0 Å². The number of carbonyl (C=O) groups excluding carboxylic acids is 1. The normalized spacial score (nSPS) is 21.2. The van der Waals surface area contributed by atoms with E-state index < -0.39 is 0 Å². The Labute approximate surface area is 137 Å². The Morgan fingerprint density at radius 2 is 1.83 bits per heavy atom. The van der Waals surface area contributed by atoms with Gasteiger partial charge in [0, 0.05) is 18.5 Å². The summed E-state index contributed by atoms with van der Waals surface area (Å²) < 4.78 is 5.95. The molecule has 2 unspecified atom stereocenters. The predicted octanol–water partition coefficient (Wildman–Crippen LogP) is 3.47. The molecule has 1 saturated heterocycles. The molecule has 2 aromatic rings. The van der Waals surface area contributed by atoms with E-state index in [2.05, 4.69) is 19.1 Å². The minimum Gasteiger partial charge on any atom is -0.374 e. The van der Waals surface area contributed by atoms with E-state index in [0.717, 1.165) is 17.5 Å². The maximum absolute atomic E-state index is 12.9. The molecule has 2 atom stereocenters. The van der Waals surface area contributed by atoms with Crippen molar-refractivity contribution in [3.63, 3.8) is 0 Å². The zero-order chi connectivity index (χ0) is 16.2. The van der Waals surface area contributed by atoms with Crippen LogP contribution >= 0.6 is 0 Å². The van der Waals surface area contributed by atoms with E-state index in [1.807, 2.05) is 54.3 Å². The van der Waals surface area contributed by atoms with Crippen molar-refractivity contribution in [2.75, 3.05) is 13.2 Å². The lowest BCUT2D eigenvalue weighted by Crippen LogP contribution is -2.51. The van der Waals surface area contributed by atoms with E-state index in [1.165, 1.54) is 5.56 Å². The van der Waals surface area contributed by atoms with Gasteiger partial charge >= 0.3 is 0 Å². The zero-order valence-electron chi connectivity index (χ0n) is 13.7. The maximum Gasteiger partial charge on any atom is 0.254 e. The standard InChI is InChI=1S/C20H23NO2/c1-15-8-6-7-11-19(15)20(22)21-13-18(23-14-16(21)2)12-17-9-4-3-5-10-17/h3-11,16,18H,12-14H2,1-2H3. The molecular weight excluding hydrogens is 286 g/mol. The lowest BCUT2D eigenvalue weighted by molar-refractivity contribution is -0.0464. The van der Waals surface area contributed by atoms with Crippen LogP contribution in [0.25, 0.3) is 0 Å². The van der Waals surface area contributed by atoms with E-state index in [1.54, 1.807) is 0 Å². The Balaban J connectivity index is 1.73. The highest BCUT2D eigenvalue weighted by Crippen LogP contribution is 2.19. The summed E-state index contributed by atoms with van der Waals surface area (Å²) in [6.45, 7) is 5.27. The molecule has 0 aliphatic carbocycles. The quantitative estimate of drug-likeness (QED) is 0.869. The van der Waals surface area contributed by atoms with Gasteiger partial charge in [-0.25, -0.2) is 0 Å². The first kappa shape index (κ1) is 15.8. The largest absolute Gasteiger partial charge is 0.374 e. The van der Waals surface area contributed by atoms with Crippen LogP contribution in [0.1, 0.15) is 28.4 Å². The first-order valence-corrected chi connectivity index (χ1v) is 8.17. The molecule has 1 aliphatic rings. The Hall–Kier alpha value is -2.13. The van der Waals surface area contributed by atoms with Crippen molar-refractivity contribution in [1.29, 1.82) is 0 Å². The Bertz CT molecular complexity index is 668. The molecule has 2 aromatic carbocycles. The van der Waals surface area contributed by atoms with Gasteiger partial charge in [-0.05, 0) is 31.0 Å². The molecule has 0 aromatic heterocycles. The number of aryl methyl sites for hydroxylation is 1. The van der Waals surface area contributed by atoms with Crippen LogP contribution in [-0.2, 0) is 11.2 Å². The number of benzene rings is 2. The summed E-state index contributed by atoms with van der Waals surface area (Å²) in [6.07, 6.45) is 0.895. The second-order valence-electron chi connectivity index (χ2n) is 6.27. The number of rotatable bonds is 3. The van der Waals surface area contributed by atoms with Gasteiger partial charge in [-0.2, -0.15) is 0 Å². The van der Waals surface area contributed by atoms with E-state index in [0.29, 0.717) is 13.2 Å². The molecular formula is C20H23NO2. The SMILES string of the molecule is Cc1ccccc1C(=O)N1CC(Cc2ccccc2)OCC1C. The van der Waals surface area contributed by atoms with Crippen LogP contribution in [0.3, 0.4) is 0 Å². The second-order valence-corrected chi connectivity index (χ2v) is 6.27. The van der Waals surface area contributed by atoms with Crippen molar-refractivity contribution >= 4 is 5.91 Å². The summed E-state index contributed by atoms with van der Waals surface area (Å²) in [6, 6.07) is 18.2. The highest BCUT2D eigenvalue weighted by Gasteiger charge is 2.30. The summed E-state index contributed by atoms with van der Waals surface area (Å²) in [5.41, 5.74) is 3.06. The van der Waals surface area contributed by atoms with Gasteiger partial charge in [0.1, 0.15) is 0 Å². The molecule has 120 valence electrons. The predicted molar refractivity (Wildman–Crippen MR) is 91.6 cm³/mol. The number of amides is 1. The molecule has 0 bridgehead atoms. The number of hydrogen-bond donors (Lipinski definition) is 0. The highest BCUT2D eigenvalue weighted by molar-refractivity contribution is 5.95. The molecule has 1 heterocycles. The average Bonchev–Trinajstić information content (AvgIpc) is 2.57. The van der Waals surface area contributed by atoms with E-state index in [9.17, 15) is 4.79 Å². The van der Waals surface area contributed by atoms with Crippen LogP contribution in [0, 0.1) is 6.92 Å². The van der Waals surface area contributed by atoms with Crippen LogP contribution in [0.2, 0.25) is 0 Å². The first-order chi connectivity index (χ1) is 11.1. The summed E-state index contributed by atoms with van der Waals surface area (Å²) in [5, 5.41) is 0. The number of nitrogens with zero attached hydrogens (tertiary/aromatic N) is 1. The van der Waals surface area contributed by atoms with Crippen LogP contribution in [-0.4, -0.2) is 36.1 Å². The van der Waals surface area contributed by atoms with Crippen LogP contribution < -0.4 is 0 Å². The molecule has 3 nitrogen and oxygen atoms in total. The Morgan fingerprint density at radius 1 is 1.13 bits per heavy atom. The molecule has 0 radical (unpaired) electrons. The van der Waals surface area contributed by atoms with Crippen LogP contribution in [0.15, 0.2) is 54.6 Å². The summed E-state index contributed by atoms with van der Waals surface area (Å²) in [7, 11) is 0. The second kappa shape index (κ2) is 6.97. The molecule has 0 spiro atoms. The number of hydrogen-bond acceptors (Lipinski definition) is 2. The fourth-order valence-corrected chi connectivity index (χ4v) is 3.07. The molecule has 23 heavy (non-hydrogen) atoms. The molecule has 3 heteroatoms. The zero-order valence-corrected chi connectivity index (χ0v) is 13.7. The molecule has 1 aliphatic heterocycles. The van der Waals surface area contributed by atoms with Crippen molar-refractivity contribution in [2.24, 2.45) is 0 Å². The smallest absolute Gasteiger partial charge is 0.254 e. The van der Waals surface area contributed by atoms with Crippen LogP contribution in [0.5, 0.6) is 0 Å². The highest BCUT2D eigenvalue weighted by atomic mass is 16.5. The molecule has 3 rings (SSSR count). The average molecular weight is 309 g/mol. The van der Waals surface area contributed by atoms with Gasteiger partial charge in [-0.1, -0.05) is 48.5 Å². The van der Waals surface area contributed by atoms with Gasteiger partial charge in [0.05, 0.1) is 18.8 Å². The van der Waals surface area contributed by atoms with Gasteiger partial charge in [-0.3, -0.25) is 4.79 Å². The van der Waals surface area contributed by atoms with Gasteiger partial charge in [0.15, 0.2) is 0 Å². The summed E-state index contributed by atoms with van der Waals surface area (Å²) >= 11 is 0. The third kappa shape index (κ3) is 3.62. The van der Waals surface area contributed by atoms with E-state index in [4.69, 9.17) is 4.74 Å². The lowest BCUT2D eigenvalue weighted by atomic mass is 10.0. The molecule has 1 amide bonds. The van der Waals surface area contributed by atoms with E-state index in [-0.39, 0.29) is 18.1 Å². The van der Waals surface area contributed by atoms with Crippen molar-refractivity contribution in [3.8, 4) is 0 Å². The summed E-state index contributed by atoms with van der Waals surface area (Å²) in [5.74, 6) is 0.108. The van der Waals surface area contributed by atoms with Crippen LogP contribution in [0.4, 0.5) is 0 Å². The third-order valence-electron chi connectivity index (χ3n) is 4.45. The fourth-order valence-electron chi connectivity index (χ4n) is 3.07. The monoisotopic (exact) mass is 309 g/mol. The number of morpholine rings is 1.